The van der Waals surface area contributed by atoms with Gasteiger partial charge < -0.3 is 19.1 Å². The number of nitrogens with one attached hydrogen (secondary N) is 1. The van der Waals surface area contributed by atoms with Crippen molar-refractivity contribution < 1.29 is 27.4 Å². The first-order chi connectivity index (χ1) is 23.2. The van der Waals surface area contributed by atoms with Gasteiger partial charge in [-0.1, -0.05) is 62.9 Å². The van der Waals surface area contributed by atoms with E-state index in [0.717, 1.165) is 55.8 Å². The fourth-order valence-electron chi connectivity index (χ4n) is 7.77. The Morgan fingerprint density at radius 3 is 2.62 bits per heavy atom. The summed E-state index contributed by atoms with van der Waals surface area (Å²) in [7, 11) is -2.25. The average molecular weight is 699 g/mol. The zero-order valence-corrected chi connectivity index (χ0v) is 30.1. The summed E-state index contributed by atoms with van der Waals surface area (Å²) in [5.74, 6) is 1.12. The first kappa shape index (κ1) is 35.2. The highest BCUT2D eigenvalue weighted by atomic mass is 35.5. The van der Waals surface area contributed by atoms with Gasteiger partial charge in [-0.15, -0.1) is 0 Å². The Balaban J connectivity index is 1.38. The number of nitrogens with zero attached hydrogens (tertiary/aromatic N) is 1. The molecule has 2 aliphatic carbocycles. The van der Waals surface area contributed by atoms with Crippen LogP contribution in [0.15, 0.2) is 48.6 Å². The molecule has 1 amide bonds. The Morgan fingerprint density at radius 2 is 1.90 bits per heavy atom. The Morgan fingerprint density at radius 1 is 1.06 bits per heavy atom. The Bertz CT molecular complexity index is 1580. The van der Waals surface area contributed by atoms with Crippen LogP contribution in [0.1, 0.15) is 86.2 Å². The summed E-state index contributed by atoms with van der Waals surface area (Å²) in [4.78, 5) is 16.0. The summed E-state index contributed by atoms with van der Waals surface area (Å²) in [5.41, 5.74) is 3.60. The predicted molar refractivity (Wildman–Crippen MR) is 191 cm³/mol. The van der Waals surface area contributed by atoms with Crippen molar-refractivity contribution in [3.8, 4) is 5.75 Å². The predicted octanol–water partition coefficient (Wildman–Crippen LogP) is 7.16. The van der Waals surface area contributed by atoms with Gasteiger partial charge in [-0.3, -0.25) is 4.79 Å². The van der Waals surface area contributed by atoms with Gasteiger partial charge in [0.15, 0.2) is 0 Å². The number of amides is 1. The lowest BCUT2D eigenvalue weighted by Crippen LogP contribution is -2.45. The van der Waals surface area contributed by atoms with E-state index in [4.69, 9.17) is 25.8 Å². The van der Waals surface area contributed by atoms with Crippen LogP contribution in [0.25, 0.3) is 0 Å². The van der Waals surface area contributed by atoms with Crippen molar-refractivity contribution >= 4 is 33.2 Å². The third-order valence-electron chi connectivity index (χ3n) is 10.8. The molecule has 8 nitrogen and oxygen atoms in total. The van der Waals surface area contributed by atoms with Crippen LogP contribution in [-0.2, 0) is 25.9 Å². The summed E-state index contributed by atoms with van der Waals surface area (Å²) in [6.07, 6.45) is 11.5. The van der Waals surface area contributed by atoms with Crippen LogP contribution >= 0.6 is 11.6 Å². The van der Waals surface area contributed by atoms with E-state index in [9.17, 15) is 13.2 Å². The maximum absolute atomic E-state index is 13.8. The van der Waals surface area contributed by atoms with Gasteiger partial charge in [0.25, 0.3) is 5.91 Å². The third-order valence-corrected chi connectivity index (χ3v) is 13.0. The van der Waals surface area contributed by atoms with Crippen LogP contribution in [-0.4, -0.2) is 65.7 Å². The number of ether oxygens (including phenoxy) is 3. The molecule has 1 N–H and O–H groups in total. The van der Waals surface area contributed by atoms with Crippen molar-refractivity contribution in [2.24, 2.45) is 23.7 Å². The number of carbonyl (C=O) groups excluding carboxylic acids is 1. The Hall–Kier alpha value is -2.59. The second kappa shape index (κ2) is 15.5. The minimum absolute atomic E-state index is 0.0799. The van der Waals surface area contributed by atoms with Crippen LogP contribution in [0.4, 0.5) is 5.69 Å². The molecule has 48 heavy (non-hydrogen) atoms. The summed E-state index contributed by atoms with van der Waals surface area (Å²) < 4.78 is 48.4. The molecular formula is C38H51ClN2O6S. The quantitative estimate of drug-likeness (QED) is 0.220. The number of hydrogen-bond donors (Lipinski definition) is 1. The zero-order chi connectivity index (χ0) is 33.8. The molecule has 4 aliphatic rings. The van der Waals surface area contributed by atoms with Gasteiger partial charge in [-0.2, -0.15) is 0 Å². The van der Waals surface area contributed by atoms with Gasteiger partial charge in [0.1, 0.15) is 5.75 Å². The topological polar surface area (TPSA) is 94.2 Å². The van der Waals surface area contributed by atoms with E-state index in [1.807, 2.05) is 25.1 Å². The van der Waals surface area contributed by atoms with Gasteiger partial charge >= 0.3 is 0 Å². The Labute approximate surface area is 291 Å². The van der Waals surface area contributed by atoms with Crippen molar-refractivity contribution in [2.45, 2.75) is 82.5 Å². The maximum Gasteiger partial charge on any atom is 0.264 e. The molecule has 6 unspecified atom stereocenters. The first-order valence-corrected chi connectivity index (χ1v) is 19.7. The van der Waals surface area contributed by atoms with Gasteiger partial charge in [0.2, 0.25) is 10.0 Å². The summed E-state index contributed by atoms with van der Waals surface area (Å²) >= 11 is 6.44. The van der Waals surface area contributed by atoms with Crippen LogP contribution in [0.2, 0.25) is 5.02 Å². The number of fused-ring (bicyclic) bond motifs is 2. The highest BCUT2D eigenvalue weighted by Gasteiger charge is 2.41. The average Bonchev–Trinajstić information content (AvgIpc) is 3.88. The molecule has 262 valence electrons. The first-order valence-electron chi connectivity index (χ1n) is 17.8. The molecule has 2 aliphatic heterocycles. The highest BCUT2D eigenvalue weighted by Crippen LogP contribution is 2.44. The van der Waals surface area contributed by atoms with Gasteiger partial charge in [-0.25, -0.2) is 13.1 Å². The van der Waals surface area contributed by atoms with Crippen LogP contribution in [0, 0.1) is 23.7 Å². The van der Waals surface area contributed by atoms with Crippen LogP contribution in [0.3, 0.4) is 0 Å². The van der Waals surface area contributed by atoms with E-state index >= 15 is 0 Å². The van der Waals surface area contributed by atoms with E-state index < -0.39 is 21.2 Å². The minimum Gasteiger partial charge on any atom is -0.491 e. The van der Waals surface area contributed by atoms with Crippen molar-refractivity contribution in [1.29, 1.82) is 0 Å². The number of aryl methyl sites for hydroxylation is 1. The van der Waals surface area contributed by atoms with Gasteiger partial charge in [0, 0.05) is 36.7 Å². The molecular weight excluding hydrogens is 648 g/mol. The number of sulfonamides is 1. The molecule has 0 saturated heterocycles. The SMILES string of the molecule is CCCc1cc(Cl)ccc1C1COc2ccc3cc2N(C1)CC1CCC1C(OCCOC)/C=C/CC(C)C(CC1CC1)S(=O)(=O)NC3=O. The largest absolute Gasteiger partial charge is 0.491 e. The van der Waals surface area contributed by atoms with Crippen molar-refractivity contribution in [3.05, 3.63) is 70.3 Å². The monoisotopic (exact) mass is 698 g/mol. The summed E-state index contributed by atoms with van der Waals surface area (Å²) in [6.45, 7) is 7.13. The van der Waals surface area contributed by atoms with Crippen LogP contribution in [0.5, 0.6) is 5.75 Å². The number of carbonyl (C=O) groups is 1. The second-order valence-corrected chi connectivity index (χ2v) is 16.7. The Kier molecular flexibility index (Phi) is 11.4. The van der Waals surface area contributed by atoms with Gasteiger partial charge in [-0.05, 0) is 97.2 Å². The normalized spacial score (nSPS) is 29.5. The molecule has 2 fully saturated rings. The van der Waals surface area contributed by atoms with Gasteiger partial charge in [0.05, 0.1) is 36.9 Å². The third kappa shape index (κ3) is 8.23. The molecule has 0 aromatic heterocycles. The molecule has 2 heterocycles. The molecule has 10 heteroatoms. The highest BCUT2D eigenvalue weighted by molar-refractivity contribution is 7.90. The smallest absolute Gasteiger partial charge is 0.264 e. The molecule has 0 radical (unpaired) electrons. The minimum atomic E-state index is -3.93. The zero-order valence-electron chi connectivity index (χ0n) is 28.5. The van der Waals surface area contributed by atoms with Crippen molar-refractivity contribution in [1.82, 2.24) is 4.72 Å². The van der Waals surface area contributed by atoms with E-state index in [1.165, 1.54) is 11.1 Å². The number of halogens is 1. The number of allylic oxidation sites excluding steroid dienone is 1. The lowest BCUT2D eigenvalue weighted by molar-refractivity contribution is -0.0308. The summed E-state index contributed by atoms with van der Waals surface area (Å²) in [6, 6.07) is 11.5. The molecule has 2 bridgehead atoms. The lowest BCUT2D eigenvalue weighted by Gasteiger charge is -2.44. The lowest BCUT2D eigenvalue weighted by atomic mass is 9.70. The number of anilines is 1. The molecule has 6 rings (SSSR count). The van der Waals surface area contributed by atoms with Crippen LogP contribution < -0.4 is 14.4 Å². The molecule has 2 aromatic rings. The molecule has 6 atom stereocenters. The van der Waals surface area contributed by atoms with Crippen molar-refractivity contribution in [2.75, 3.05) is 44.9 Å². The second-order valence-electron chi connectivity index (χ2n) is 14.4. The van der Waals surface area contributed by atoms with Crippen molar-refractivity contribution in [3.63, 3.8) is 0 Å². The number of rotatable bonds is 9. The fourth-order valence-corrected chi connectivity index (χ4v) is 9.74. The maximum atomic E-state index is 13.8. The molecule has 0 spiro atoms. The number of benzene rings is 2. The standard InChI is InChI=1S/C38H51ClN2O6S/c1-4-6-27-20-31(39)13-15-32(27)30-23-41-22-29-11-14-33(29)35(46-18-17-45-3)8-5-7-25(2)37(19-26-9-10-26)48(43,44)40-38(42)28-12-16-36(47-24-30)34(41)21-28/h5,8,12-13,15-16,20-21,25-26,29-30,33,35,37H,4,6-7,9-11,14,17-19,22-24H2,1-3H3,(H,40,42)/b8-5+. The van der Waals surface area contributed by atoms with E-state index in [2.05, 4.69) is 40.8 Å². The summed E-state index contributed by atoms with van der Waals surface area (Å²) in [5, 5.41) is 0.0724. The molecule has 2 saturated carbocycles. The number of methoxy groups -OCH3 is 1. The van der Waals surface area contributed by atoms with E-state index in [-0.39, 0.29) is 17.9 Å². The fraction of sp³-hybridized carbons (Fsp3) is 0.605. The number of hydrogen-bond acceptors (Lipinski definition) is 7. The van der Waals surface area contributed by atoms with E-state index in [0.29, 0.717) is 68.3 Å². The van der Waals surface area contributed by atoms with E-state index in [1.54, 1.807) is 13.2 Å². The molecule has 2 aromatic carbocycles.